The molecule has 0 saturated carbocycles. The lowest BCUT2D eigenvalue weighted by Gasteiger charge is -2.11. The molecule has 0 radical (unpaired) electrons. The minimum absolute atomic E-state index is 0.658. The van der Waals surface area contributed by atoms with Gasteiger partial charge in [0.2, 0.25) is 0 Å². The molecule has 1 rings (SSSR count). The van der Waals surface area contributed by atoms with Gasteiger partial charge in [-0.2, -0.15) is 0 Å². The van der Waals surface area contributed by atoms with Gasteiger partial charge in [-0.05, 0) is 32.1 Å². The molecule has 0 saturated heterocycles. The lowest BCUT2D eigenvalue weighted by molar-refractivity contribution is 0.562. The highest BCUT2D eigenvalue weighted by Crippen LogP contribution is 2.21. The number of allylic oxidation sites excluding steroid dienone is 2. The standard InChI is InChI=1S/C18H34OS/c1-2-3-4-5-6-7-8-9-10-14-17-20(19)18-15-12-11-13-16-18/h15H,2-14,16-17H2,1H3. The maximum Gasteiger partial charge on any atom is 0.0485 e. The smallest absolute Gasteiger partial charge is 0.0485 e. The molecule has 118 valence electrons. The van der Waals surface area contributed by atoms with E-state index in [1.165, 1.54) is 75.5 Å². The van der Waals surface area contributed by atoms with Gasteiger partial charge < -0.3 is 0 Å². The zero-order chi connectivity index (χ0) is 14.5. The van der Waals surface area contributed by atoms with Crippen LogP contribution in [0.3, 0.4) is 0 Å². The first-order valence-corrected chi connectivity index (χ1v) is 10.2. The molecule has 1 nitrogen and oxygen atoms in total. The molecular weight excluding hydrogens is 264 g/mol. The van der Waals surface area contributed by atoms with Gasteiger partial charge in [-0.1, -0.05) is 70.8 Å². The van der Waals surface area contributed by atoms with Gasteiger partial charge in [0, 0.05) is 21.5 Å². The van der Waals surface area contributed by atoms with E-state index in [9.17, 15) is 4.21 Å². The van der Waals surface area contributed by atoms with Crippen LogP contribution in [0.2, 0.25) is 0 Å². The molecule has 0 aliphatic heterocycles. The van der Waals surface area contributed by atoms with Crippen molar-refractivity contribution in [2.45, 2.75) is 96.8 Å². The summed E-state index contributed by atoms with van der Waals surface area (Å²) >= 11 is 0. The van der Waals surface area contributed by atoms with Crippen LogP contribution >= 0.6 is 0 Å². The van der Waals surface area contributed by atoms with Crippen LogP contribution in [0.25, 0.3) is 0 Å². The van der Waals surface area contributed by atoms with Crippen LogP contribution in [0.1, 0.15) is 96.8 Å². The van der Waals surface area contributed by atoms with E-state index in [1.54, 1.807) is 0 Å². The summed E-state index contributed by atoms with van der Waals surface area (Å²) in [6, 6.07) is 0. The van der Waals surface area contributed by atoms with Crippen LogP contribution in [0, 0.1) is 0 Å². The number of rotatable bonds is 12. The van der Waals surface area contributed by atoms with Crippen LogP contribution in [0.15, 0.2) is 11.0 Å². The van der Waals surface area contributed by atoms with Crippen LogP contribution in [0.5, 0.6) is 0 Å². The Morgan fingerprint density at radius 3 is 2.05 bits per heavy atom. The molecule has 0 aromatic rings. The lowest BCUT2D eigenvalue weighted by atomic mass is 10.1. The van der Waals surface area contributed by atoms with Crippen LogP contribution in [-0.4, -0.2) is 9.96 Å². The fraction of sp³-hybridized carbons (Fsp3) is 0.889. The molecule has 2 heteroatoms. The number of unbranched alkanes of at least 4 members (excludes halogenated alkanes) is 9. The Labute approximate surface area is 129 Å². The molecule has 0 aromatic carbocycles. The predicted octanol–water partition coefficient (Wildman–Crippen LogP) is 6.11. The normalized spacial score (nSPS) is 16.9. The van der Waals surface area contributed by atoms with Crippen molar-refractivity contribution in [3.63, 3.8) is 0 Å². The summed E-state index contributed by atoms with van der Waals surface area (Å²) in [6.45, 7) is 2.27. The monoisotopic (exact) mass is 298 g/mol. The molecule has 0 N–H and O–H groups in total. The first-order valence-electron chi connectivity index (χ1n) is 8.92. The fourth-order valence-electron chi connectivity index (χ4n) is 2.87. The van der Waals surface area contributed by atoms with E-state index in [0.29, 0.717) is 0 Å². The van der Waals surface area contributed by atoms with Crippen LogP contribution in [0.4, 0.5) is 0 Å². The van der Waals surface area contributed by atoms with Crippen molar-refractivity contribution in [1.29, 1.82) is 0 Å². The summed E-state index contributed by atoms with van der Waals surface area (Å²) in [5.41, 5.74) is 0. The largest absolute Gasteiger partial charge is 0.255 e. The molecule has 0 bridgehead atoms. The molecule has 0 fully saturated rings. The molecule has 1 aliphatic carbocycles. The first kappa shape index (κ1) is 17.9. The lowest BCUT2D eigenvalue weighted by Crippen LogP contribution is -2.04. The second kappa shape index (κ2) is 12.6. The van der Waals surface area contributed by atoms with Crippen molar-refractivity contribution in [3.05, 3.63) is 11.0 Å². The summed E-state index contributed by atoms with van der Waals surface area (Å²) in [7, 11) is -0.658. The van der Waals surface area contributed by atoms with Gasteiger partial charge >= 0.3 is 0 Å². The summed E-state index contributed by atoms with van der Waals surface area (Å²) in [6.07, 6.45) is 20.6. The second-order valence-electron chi connectivity index (χ2n) is 6.15. The van der Waals surface area contributed by atoms with Gasteiger partial charge in [0.15, 0.2) is 0 Å². The van der Waals surface area contributed by atoms with Gasteiger partial charge in [-0.15, -0.1) is 0 Å². The predicted molar refractivity (Wildman–Crippen MR) is 91.4 cm³/mol. The first-order chi connectivity index (χ1) is 9.84. The summed E-state index contributed by atoms with van der Waals surface area (Å²) in [4.78, 5) is 1.24. The molecular formula is C18H34OS. The van der Waals surface area contributed by atoms with Gasteiger partial charge in [0.25, 0.3) is 0 Å². The summed E-state index contributed by atoms with van der Waals surface area (Å²) < 4.78 is 12.1. The van der Waals surface area contributed by atoms with Gasteiger partial charge in [0.1, 0.15) is 0 Å². The molecule has 1 atom stereocenters. The van der Waals surface area contributed by atoms with Crippen LogP contribution < -0.4 is 0 Å². The quantitative estimate of drug-likeness (QED) is 0.397. The molecule has 0 amide bonds. The molecule has 1 aliphatic rings. The van der Waals surface area contributed by atoms with E-state index >= 15 is 0 Å². The third-order valence-corrected chi connectivity index (χ3v) is 5.84. The average molecular weight is 299 g/mol. The molecule has 20 heavy (non-hydrogen) atoms. The van der Waals surface area contributed by atoms with Crippen molar-refractivity contribution < 1.29 is 4.21 Å². The SMILES string of the molecule is CCCCCCCCCCCCS(=O)C1=CCCCC1. The Bertz CT molecular complexity index is 283. The van der Waals surface area contributed by atoms with Gasteiger partial charge in [-0.25, -0.2) is 0 Å². The highest BCUT2D eigenvalue weighted by Gasteiger charge is 2.10. The Morgan fingerprint density at radius 1 is 0.900 bits per heavy atom. The van der Waals surface area contributed by atoms with Gasteiger partial charge in [-0.3, -0.25) is 4.21 Å². The summed E-state index contributed by atoms with van der Waals surface area (Å²) in [5.74, 6) is 0.905. The molecule has 1 unspecified atom stereocenters. The zero-order valence-corrected chi connectivity index (χ0v) is 14.3. The second-order valence-corrected chi connectivity index (χ2v) is 7.77. The molecule has 0 heterocycles. The minimum atomic E-state index is -0.658. The zero-order valence-electron chi connectivity index (χ0n) is 13.5. The highest BCUT2D eigenvalue weighted by molar-refractivity contribution is 7.88. The van der Waals surface area contributed by atoms with E-state index < -0.39 is 10.8 Å². The molecule has 0 spiro atoms. The fourth-order valence-corrected chi connectivity index (χ4v) is 4.27. The minimum Gasteiger partial charge on any atom is -0.255 e. The van der Waals surface area contributed by atoms with E-state index in [4.69, 9.17) is 0 Å². The Kier molecular flexibility index (Phi) is 11.3. The maximum absolute atomic E-state index is 12.1. The van der Waals surface area contributed by atoms with E-state index in [0.717, 1.165) is 25.0 Å². The van der Waals surface area contributed by atoms with Crippen molar-refractivity contribution in [2.24, 2.45) is 0 Å². The topological polar surface area (TPSA) is 17.1 Å². The number of hydrogen-bond acceptors (Lipinski definition) is 1. The van der Waals surface area contributed by atoms with Crippen molar-refractivity contribution in [3.8, 4) is 0 Å². The summed E-state index contributed by atoms with van der Waals surface area (Å²) in [5, 5.41) is 0. The van der Waals surface area contributed by atoms with Crippen molar-refractivity contribution in [1.82, 2.24) is 0 Å². The van der Waals surface area contributed by atoms with E-state index in [2.05, 4.69) is 13.0 Å². The van der Waals surface area contributed by atoms with E-state index in [-0.39, 0.29) is 0 Å². The third-order valence-electron chi connectivity index (χ3n) is 4.23. The van der Waals surface area contributed by atoms with Crippen molar-refractivity contribution >= 4 is 10.8 Å². The Morgan fingerprint density at radius 2 is 1.50 bits per heavy atom. The van der Waals surface area contributed by atoms with Gasteiger partial charge in [0.05, 0.1) is 0 Å². The maximum atomic E-state index is 12.1. The molecule has 0 aromatic heterocycles. The van der Waals surface area contributed by atoms with Crippen LogP contribution in [-0.2, 0) is 10.8 Å². The average Bonchev–Trinajstić information content (AvgIpc) is 2.50. The Balaban J connectivity index is 1.87. The third kappa shape index (κ3) is 8.94. The number of hydrogen-bond donors (Lipinski definition) is 0. The van der Waals surface area contributed by atoms with E-state index in [1.807, 2.05) is 0 Å². The van der Waals surface area contributed by atoms with Crippen molar-refractivity contribution in [2.75, 3.05) is 5.75 Å². The highest BCUT2D eigenvalue weighted by atomic mass is 32.2. The Hall–Kier alpha value is -0.110.